The second kappa shape index (κ2) is 8.75. The Morgan fingerprint density at radius 3 is 1.81 bits per heavy atom. The molecular weight excluding hydrogens is 374 g/mol. The van der Waals surface area contributed by atoms with Gasteiger partial charge in [-0.25, -0.2) is 0 Å². The standard InChI is InChI=1S/C30H33N/c1-2-3-4-5-6-7-8-9-12-23-18-17-21-13-10-15-24-25-16-11-14-22-19-20-26(31)30(28(22)25)29(23)27(21)24/h10-11,13-20H,2-9,12,31H2,1H3. The maximum Gasteiger partial charge on any atom is 0.0400 e. The van der Waals surface area contributed by atoms with Gasteiger partial charge in [0.15, 0.2) is 0 Å². The summed E-state index contributed by atoms with van der Waals surface area (Å²) >= 11 is 0. The molecule has 5 rings (SSSR count). The minimum absolute atomic E-state index is 0.902. The Hall–Kier alpha value is -2.80. The average Bonchev–Trinajstić information content (AvgIpc) is 2.80. The molecule has 0 fully saturated rings. The Labute approximate surface area is 185 Å². The molecule has 0 aliphatic carbocycles. The lowest BCUT2D eigenvalue weighted by Crippen LogP contribution is -1.96. The van der Waals surface area contributed by atoms with Crippen molar-refractivity contribution in [1.82, 2.24) is 0 Å². The van der Waals surface area contributed by atoms with Crippen molar-refractivity contribution in [2.24, 2.45) is 0 Å². The molecule has 0 aromatic heterocycles. The third-order valence-electron chi connectivity index (χ3n) is 7.05. The number of benzene rings is 5. The average molecular weight is 408 g/mol. The summed E-state index contributed by atoms with van der Waals surface area (Å²) in [7, 11) is 0. The SMILES string of the molecule is CCCCCCCCCCc1ccc2cccc3c4cccc5ccc(N)c(c1c23)c54. The number of aryl methyl sites for hydroxylation is 1. The van der Waals surface area contributed by atoms with Gasteiger partial charge in [-0.15, -0.1) is 0 Å². The molecule has 0 saturated carbocycles. The lowest BCUT2D eigenvalue weighted by atomic mass is 9.86. The molecule has 0 saturated heterocycles. The third-order valence-corrected chi connectivity index (χ3v) is 7.05. The van der Waals surface area contributed by atoms with E-state index in [0.29, 0.717) is 0 Å². The number of anilines is 1. The molecule has 0 aliphatic heterocycles. The predicted octanol–water partition coefficient (Wildman–Crippen LogP) is 9.00. The van der Waals surface area contributed by atoms with Crippen molar-refractivity contribution in [2.75, 3.05) is 5.73 Å². The highest BCUT2D eigenvalue weighted by atomic mass is 14.6. The van der Waals surface area contributed by atoms with Crippen LogP contribution in [-0.2, 0) is 6.42 Å². The molecule has 0 radical (unpaired) electrons. The summed E-state index contributed by atoms with van der Waals surface area (Å²) in [6.07, 6.45) is 12.0. The van der Waals surface area contributed by atoms with Gasteiger partial charge < -0.3 is 5.73 Å². The van der Waals surface area contributed by atoms with E-state index < -0.39 is 0 Å². The topological polar surface area (TPSA) is 26.0 Å². The first-order valence-electron chi connectivity index (χ1n) is 12.2. The smallest absolute Gasteiger partial charge is 0.0400 e. The van der Waals surface area contributed by atoms with Gasteiger partial charge in [0.05, 0.1) is 0 Å². The molecule has 0 unspecified atom stereocenters. The van der Waals surface area contributed by atoms with Crippen LogP contribution in [0.3, 0.4) is 0 Å². The van der Waals surface area contributed by atoms with Crippen molar-refractivity contribution in [1.29, 1.82) is 0 Å². The molecular formula is C30H33N. The quantitative estimate of drug-likeness (QED) is 0.112. The van der Waals surface area contributed by atoms with Gasteiger partial charge in [0.25, 0.3) is 0 Å². The summed E-state index contributed by atoms with van der Waals surface area (Å²) < 4.78 is 0. The summed E-state index contributed by atoms with van der Waals surface area (Å²) in [6, 6.07) is 22.3. The maximum absolute atomic E-state index is 6.64. The van der Waals surface area contributed by atoms with Crippen LogP contribution in [0.1, 0.15) is 63.9 Å². The van der Waals surface area contributed by atoms with Gasteiger partial charge in [-0.3, -0.25) is 0 Å². The number of fused-ring (bicyclic) bond motifs is 2. The number of hydrogen-bond donors (Lipinski definition) is 1. The Morgan fingerprint density at radius 2 is 1.13 bits per heavy atom. The summed E-state index contributed by atoms with van der Waals surface area (Å²) in [5.41, 5.74) is 9.00. The Balaban J connectivity index is 1.55. The molecule has 31 heavy (non-hydrogen) atoms. The molecule has 1 nitrogen and oxygen atoms in total. The lowest BCUT2D eigenvalue weighted by molar-refractivity contribution is 0.576. The summed E-state index contributed by atoms with van der Waals surface area (Å²) in [5, 5.41) is 10.6. The van der Waals surface area contributed by atoms with E-state index in [9.17, 15) is 0 Å². The van der Waals surface area contributed by atoms with Crippen LogP contribution in [-0.4, -0.2) is 0 Å². The van der Waals surface area contributed by atoms with E-state index in [-0.39, 0.29) is 0 Å². The molecule has 5 aromatic carbocycles. The van der Waals surface area contributed by atoms with E-state index in [0.717, 1.165) is 12.1 Å². The van der Waals surface area contributed by atoms with Crippen molar-refractivity contribution >= 4 is 48.8 Å². The first-order valence-corrected chi connectivity index (χ1v) is 12.2. The van der Waals surface area contributed by atoms with Gasteiger partial charge in [0.2, 0.25) is 0 Å². The van der Waals surface area contributed by atoms with E-state index in [1.165, 1.54) is 100 Å². The van der Waals surface area contributed by atoms with E-state index in [4.69, 9.17) is 5.73 Å². The van der Waals surface area contributed by atoms with E-state index in [1.807, 2.05) is 0 Å². The molecule has 0 spiro atoms. The molecule has 0 heterocycles. The summed E-state index contributed by atoms with van der Waals surface area (Å²) in [4.78, 5) is 0. The van der Waals surface area contributed by atoms with Crippen molar-refractivity contribution in [3.8, 4) is 0 Å². The van der Waals surface area contributed by atoms with Crippen LogP contribution >= 0.6 is 0 Å². The number of unbranched alkanes of at least 4 members (excludes halogenated alkanes) is 7. The van der Waals surface area contributed by atoms with Crippen molar-refractivity contribution in [3.05, 3.63) is 66.2 Å². The first kappa shape index (κ1) is 20.1. The fourth-order valence-electron chi connectivity index (χ4n) is 5.48. The molecule has 0 atom stereocenters. The number of hydrogen-bond acceptors (Lipinski definition) is 1. The van der Waals surface area contributed by atoms with Gasteiger partial charge in [-0.05, 0) is 62.2 Å². The van der Waals surface area contributed by atoms with Crippen molar-refractivity contribution in [2.45, 2.75) is 64.7 Å². The minimum Gasteiger partial charge on any atom is -0.398 e. The fourth-order valence-corrected chi connectivity index (χ4v) is 5.48. The predicted molar refractivity (Wildman–Crippen MR) is 138 cm³/mol. The molecule has 0 aliphatic rings. The Kier molecular flexibility index (Phi) is 5.68. The monoisotopic (exact) mass is 407 g/mol. The van der Waals surface area contributed by atoms with Gasteiger partial charge in [-0.2, -0.15) is 0 Å². The van der Waals surface area contributed by atoms with Crippen LogP contribution in [0.2, 0.25) is 0 Å². The van der Waals surface area contributed by atoms with E-state index in [2.05, 4.69) is 67.6 Å². The highest BCUT2D eigenvalue weighted by Gasteiger charge is 2.16. The lowest BCUT2D eigenvalue weighted by Gasteiger charge is -2.18. The first-order chi connectivity index (χ1) is 15.3. The van der Waals surface area contributed by atoms with Crippen LogP contribution in [0.15, 0.2) is 60.7 Å². The van der Waals surface area contributed by atoms with E-state index >= 15 is 0 Å². The van der Waals surface area contributed by atoms with Crippen LogP contribution in [0.25, 0.3) is 43.1 Å². The molecule has 0 amide bonds. The molecule has 1 heteroatoms. The summed E-state index contributed by atoms with van der Waals surface area (Å²) in [6.45, 7) is 2.28. The minimum atomic E-state index is 0.902. The third kappa shape index (κ3) is 3.61. The number of nitrogen functional groups attached to an aromatic ring is 1. The molecule has 0 bridgehead atoms. The van der Waals surface area contributed by atoms with E-state index in [1.54, 1.807) is 0 Å². The van der Waals surface area contributed by atoms with Crippen molar-refractivity contribution in [3.63, 3.8) is 0 Å². The Bertz CT molecular complexity index is 1330. The zero-order valence-electron chi connectivity index (χ0n) is 18.7. The van der Waals surface area contributed by atoms with Crippen LogP contribution in [0.5, 0.6) is 0 Å². The highest BCUT2D eigenvalue weighted by molar-refractivity contribution is 6.35. The molecule has 2 N–H and O–H groups in total. The van der Waals surface area contributed by atoms with Crippen molar-refractivity contribution < 1.29 is 0 Å². The van der Waals surface area contributed by atoms with Gasteiger partial charge in [-0.1, -0.05) is 106 Å². The largest absolute Gasteiger partial charge is 0.398 e. The zero-order chi connectivity index (χ0) is 21.2. The van der Waals surface area contributed by atoms with Crippen LogP contribution in [0, 0.1) is 0 Å². The van der Waals surface area contributed by atoms with Gasteiger partial charge in [0, 0.05) is 11.1 Å². The number of nitrogens with two attached hydrogens (primary N) is 1. The van der Waals surface area contributed by atoms with Crippen LogP contribution < -0.4 is 5.73 Å². The number of rotatable bonds is 9. The summed E-state index contributed by atoms with van der Waals surface area (Å²) in [5.74, 6) is 0. The molecule has 5 aromatic rings. The maximum atomic E-state index is 6.64. The Morgan fingerprint density at radius 1 is 0.548 bits per heavy atom. The van der Waals surface area contributed by atoms with Gasteiger partial charge >= 0.3 is 0 Å². The van der Waals surface area contributed by atoms with Crippen LogP contribution in [0.4, 0.5) is 5.69 Å². The molecule has 158 valence electrons. The fraction of sp³-hybridized carbons (Fsp3) is 0.333. The zero-order valence-corrected chi connectivity index (χ0v) is 18.7. The normalized spacial score (nSPS) is 12.0. The van der Waals surface area contributed by atoms with Gasteiger partial charge in [0.1, 0.15) is 0 Å². The second-order valence-electron chi connectivity index (χ2n) is 9.16. The highest BCUT2D eigenvalue weighted by Crippen LogP contribution is 2.43. The second-order valence-corrected chi connectivity index (χ2v) is 9.16.